The van der Waals surface area contributed by atoms with Crippen molar-refractivity contribution in [1.29, 1.82) is 0 Å². The molecule has 0 aliphatic heterocycles. The summed E-state index contributed by atoms with van der Waals surface area (Å²) in [6, 6.07) is 2.25. The van der Waals surface area contributed by atoms with Crippen LogP contribution in [0.15, 0.2) is 18.2 Å². The van der Waals surface area contributed by atoms with Gasteiger partial charge >= 0.3 is 6.03 Å². The van der Waals surface area contributed by atoms with E-state index in [4.69, 9.17) is 5.11 Å². The van der Waals surface area contributed by atoms with Gasteiger partial charge < -0.3 is 15.7 Å². The van der Waals surface area contributed by atoms with E-state index < -0.39 is 17.7 Å². The first-order chi connectivity index (χ1) is 8.53. The predicted molar refractivity (Wildman–Crippen MR) is 62.1 cm³/mol. The molecule has 4 nitrogen and oxygen atoms in total. The van der Waals surface area contributed by atoms with Gasteiger partial charge in [0.05, 0.1) is 6.61 Å². The SMILES string of the molecule is O=C(NCC1(CO)CC1)Nc1cc(F)cc(F)c1. The molecule has 3 N–H and O–H groups in total. The zero-order valence-electron chi connectivity index (χ0n) is 9.67. The number of nitrogens with one attached hydrogen (secondary N) is 2. The second-order valence-electron chi connectivity index (χ2n) is 4.62. The van der Waals surface area contributed by atoms with Crippen LogP contribution in [-0.2, 0) is 0 Å². The summed E-state index contributed by atoms with van der Waals surface area (Å²) in [5.41, 5.74) is -0.149. The lowest BCUT2D eigenvalue weighted by Gasteiger charge is -2.13. The Labute approximate surface area is 103 Å². The fourth-order valence-corrected chi connectivity index (χ4v) is 1.64. The second kappa shape index (κ2) is 4.89. The maximum atomic E-state index is 12.9. The highest BCUT2D eigenvalue weighted by molar-refractivity contribution is 5.89. The van der Waals surface area contributed by atoms with Crippen molar-refractivity contribution in [2.75, 3.05) is 18.5 Å². The van der Waals surface area contributed by atoms with Gasteiger partial charge in [0.1, 0.15) is 11.6 Å². The van der Waals surface area contributed by atoms with E-state index in [9.17, 15) is 13.6 Å². The van der Waals surface area contributed by atoms with Gasteiger partial charge in [0.2, 0.25) is 0 Å². The van der Waals surface area contributed by atoms with Gasteiger partial charge in [-0.05, 0) is 25.0 Å². The van der Waals surface area contributed by atoms with Gasteiger partial charge in [0, 0.05) is 23.7 Å². The number of aliphatic hydroxyl groups is 1. The topological polar surface area (TPSA) is 61.4 Å². The van der Waals surface area contributed by atoms with E-state index >= 15 is 0 Å². The van der Waals surface area contributed by atoms with Crippen molar-refractivity contribution in [3.63, 3.8) is 0 Å². The average molecular weight is 256 g/mol. The van der Waals surface area contributed by atoms with Crippen LogP contribution in [0.5, 0.6) is 0 Å². The molecule has 0 bridgehead atoms. The number of hydrogen-bond acceptors (Lipinski definition) is 2. The van der Waals surface area contributed by atoms with Gasteiger partial charge in [0.15, 0.2) is 0 Å². The minimum Gasteiger partial charge on any atom is -0.396 e. The van der Waals surface area contributed by atoms with Gasteiger partial charge in [-0.25, -0.2) is 13.6 Å². The molecule has 2 amide bonds. The lowest BCUT2D eigenvalue weighted by atomic mass is 10.1. The van der Waals surface area contributed by atoms with Crippen LogP contribution in [0, 0.1) is 17.0 Å². The number of halogens is 2. The third kappa shape index (κ3) is 3.16. The molecule has 98 valence electrons. The van der Waals surface area contributed by atoms with Crippen LogP contribution in [0.1, 0.15) is 12.8 Å². The molecule has 0 unspecified atom stereocenters. The zero-order chi connectivity index (χ0) is 13.2. The fourth-order valence-electron chi connectivity index (χ4n) is 1.64. The monoisotopic (exact) mass is 256 g/mol. The van der Waals surface area contributed by atoms with Crippen molar-refractivity contribution in [1.82, 2.24) is 5.32 Å². The zero-order valence-corrected chi connectivity index (χ0v) is 9.67. The summed E-state index contributed by atoms with van der Waals surface area (Å²) in [4.78, 5) is 11.5. The molecule has 1 aliphatic rings. The number of amides is 2. The Kier molecular flexibility index (Phi) is 3.47. The van der Waals surface area contributed by atoms with Gasteiger partial charge in [0.25, 0.3) is 0 Å². The number of carbonyl (C=O) groups is 1. The number of benzene rings is 1. The number of carbonyl (C=O) groups excluding carboxylic acids is 1. The summed E-state index contributed by atoms with van der Waals surface area (Å²) in [5.74, 6) is -1.50. The first kappa shape index (κ1) is 12.8. The molecule has 0 aromatic heterocycles. The third-order valence-corrected chi connectivity index (χ3v) is 3.04. The first-order valence-electron chi connectivity index (χ1n) is 5.65. The summed E-state index contributed by atoms with van der Waals surface area (Å²) >= 11 is 0. The molecule has 0 saturated heterocycles. The Morgan fingerprint density at radius 1 is 1.28 bits per heavy atom. The molecule has 18 heavy (non-hydrogen) atoms. The van der Waals surface area contributed by atoms with Gasteiger partial charge in [-0.15, -0.1) is 0 Å². The Hall–Kier alpha value is -1.69. The summed E-state index contributed by atoms with van der Waals surface area (Å²) in [5, 5.41) is 14.0. The quantitative estimate of drug-likeness (QED) is 0.770. The Balaban J connectivity index is 1.87. The largest absolute Gasteiger partial charge is 0.396 e. The molecule has 0 heterocycles. The van der Waals surface area contributed by atoms with Crippen LogP contribution < -0.4 is 10.6 Å². The van der Waals surface area contributed by atoms with Crippen molar-refractivity contribution in [2.45, 2.75) is 12.8 Å². The highest BCUT2D eigenvalue weighted by atomic mass is 19.1. The lowest BCUT2D eigenvalue weighted by molar-refractivity contribution is 0.206. The van der Waals surface area contributed by atoms with Crippen molar-refractivity contribution in [3.05, 3.63) is 29.8 Å². The van der Waals surface area contributed by atoms with Gasteiger partial charge in [-0.3, -0.25) is 0 Å². The minimum absolute atomic E-state index is 0.0296. The summed E-state index contributed by atoms with van der Waals surface area (Å²) < 4.78 is 25.7. The van der Waals surface area contributed by atoms with Crippen molar-refractivity contribution >= 4 is 11.7 Å². The van der Waals surface area contributed by atoms with E-state index in [-0.39, 0.29) is 17.7 Å². The maximum Gasteiger partial charge on any atom is 0.319 e. The normalized spacial score (nSPS) is 16.2. The molecule has 1 aromatic carbocycles. The highest BCUT2D eigenvalue weighted by Crippen LogP contribution is 2.44. The fraction of sp³-hybridized carbons (Fsp3) is 0.417. The Morgan fingerprint density at radius 3 is 2.39 bits per heavy atom. The van der Waals surface area contributed by atoms with Crippen LogP contribution in [0.3, 0.4) is 0 Å². The minimum atomic E-state index is -0.751. The molecular weight excluding hydrogens is 242 g/mol. The molecule has 1 aromatic rings. The summed E-state index contributed by atoms with van der Waals surface area (Å²) in [6.07, 6.45) is 1.75. The van der Waals surface area contributed by atoms with E-state index in [0.717, 1.165) is 31.0 Å². The number of hydrogen-bond donors (Lipinski definition) is 3. The molecule has 6 heteroatoms. The number of anilines is 1. The summed E-state index contributed by atoms with van der Waals surface area (Å²) in [6.45, 7) is 0.384. The molecular formula is C12H14F2N2O2. The Bertz CT molecular complexity index is 441. The van der Waals surface area contributed by atoms with Gasteiger partial charge in [-0.2, -0.15) is 0 Å². The van der Waals surface area contributed by atoms with Crippen molar-refractivity contribution < 1.29 is 18.7 Å². The molecule has 1 fully saturated rings. The van der Waals surface area contributed by atoms with E-state index in [1.54, 1.807) is 0 Å². The van der Waals surface area contributed by atoms with Crippen molar-refractivity contribution in [3.8, 4) is 0 Å². The number of urea groups is 1. The van der Waals surface area contributed by atoms with E-state index in [1.807, 2.05) is 0 Å². The molecule has 0 atom stereocenters. The van der Waals surface area contributed by atoms with E-state index in [1.165, 1.54) is 0 Å². The molecule has 2 rings (SSSR count). The standard InChI is InChI=1S/C12H14F2N2O2/c13-8-3-9(14)5-10(4-8)16-11(18)15-6-12(7-17)1-2-12/h3-5,17H,1-2,6-7H2,(H2,15,16,18). The molecule has 0 radical (unpaired) electrons. The smallest absolute Gasteiger partial charge is 0.319 e. The number of rotatable bonds is 4. The van der Waals surface area contributed by atoms with Crippen LogP contribution in [0.4, 0.5) is 19.3 Å². The number of aliphatic hydroxyl groups excluding tert-OH is 1. The maximum absolute atomic E-state index is 12.9. The van der Waals surface area contributed by atoms with Crippen LogP contribution in [0.2, 0.25) is 0 Å². The van der Waals surface area contributed by atoms with Crippen LogP contribution in [0.25, 0.3) is 0 Å². The van der Waals surface area contributed by atoms with Crippen molar-refractivity contribution in [2.24, 2.45) is 5.41 Å². The van der Waals surface area contributed by atoms with E-state index in [0.29, 0.717) is 6.54 Å². The second-order valence-corrected chi connectivity index (χ2v) is 4.62. The van der Waals surface area contributed by atoms with Gasteiger partial charge in [-0.1, -0.05) is 0 Å². The van der Waals surface area contributed by atoms with Crippen LogP contribution in [-0.4, -0.2) is 24.3 Å². The van der Waals surface area contributed by atoms with E-state index in [2.05, 4.69) is 10.6 Å². The first-order valence-corrected chi connectivity index (χ1v) is 5.65. The predicted octanol–water partition coefficient (Wildman–Crippen LogP) is 1.86. The van der Waals surface area contributed by atoms with Crippen LogP contribution >= 0.6 is 0 Å². The molecule has 1 saturated carbocycles. The third-order valence-electron chi connectivity index (χ3n) is 3.04. The lowest BCUT2D eigenvalue weighted by Crippen LogP contribution is -2.35. The average Bonchev–Trinajstić information content (AvgIpc) is 3.05. The Morgan fingerprint density at radius 2 is 1.89 bits per heavy atom. The molecule has 0 spiro atoms. The summed E-state index contributed by atoms with van der Waals surface area (Å²) in [7, 11) is 0. The highest BCUT2D eigenvalue weighted by Gasteiger charge is 2.42. The molecule has 1 aliphatic carbocycles.